The molecule has 0 aliphatic heterocycles. The zero-order valence-corrected chi connectivity index (χ0v) is 12.7. The van der Waals surface area contributed by atoms with E-state index < -0.39 is 0 Å². The fourth-order valence-electron chi connectivity index (χ4n) is 1.84. The number of hydrogen-bond donors (Lipinski definition) is 2. The zero-order valence-electron chi connectivity index (χ0n) is 12.7. The number of nitrogens with one attached hydrogen (secondary N) is 2. The van der Waals surface area contributed by atoms with Gasteiger partial charge in [-0.2, -0.15) is 0 Å². The van der Waals surface area contributed by atoms with Crippen molar-refractivity contribution in [2.45, 2.75) is 26.7 Å². The summed E-state index contributed by atoms with van der Waals surface area (Å²) in [7, 11) is 1.85. The number of ether oxygens (including phenoxy) is 1. The summed E-state index contributed by atoms with van der Waals surface area (Å²) in [6.07, 6.45) is 1.87. The Bertz CT molecular complexity index is 390. The highest BCUT2D eigenvalue weighted by Crippen LogP contribution is 2.11. The summed E-state index contributed by atoms with van der Waals surface area (Å²) in [6.45, 7) is 6.09. The fraction of sp³-hybridized carbons (Fsp3) is 0.562. The molecule has 112 valence electrons. The molecule has 0 saturated heterocycles. The van der Waals surface area contributed by atoms with Crippen LogP contribution in [0.15, 0.2) is 24.3 Å². The van der Waals surface area contributed by atoms with Crippen LogP contribution in [0.1, 0.15) is 25.3 Å². The number of carbonyl (C=O) groups excluding carboxylic acids is 1. The second-order valence-electron chi connectivity index (χ2n) is 5.12. The number of amides is 1. The minimum Gasteiger partial charge on any atom is -0.494 e. The van der Waals surface area contributed by atoms with Crippen molar-refractivity contribution in [1.29, 1.82) is 0 Å². The van der Waals surface area contributed by atoms with Crippen molar-refractivity contribution in [3.8, 4) is 5.75 Å². The highest BCUT2D eigenvalue weighted by Gasteiger charge is 2.10. The quantitative estimate of drug-likeness (QED) is 0.680. The van der Waals surface area contributed by atoms with Gasteiger partial charge in [-0.3, -0.25) is 4.79 Å². The first-order valence-corrected chi connectivity index (χ1v) is 7.25. The summed E-state index contributed by atoms with van der Waals surface area (Å²) in [5.41, 5.74) is 1.23. The second-order valence-corrected chi connectivity index (χ2v) is 5.12. The molecular formula is C16H26N2O2. The van der Waals surface area contributed by atoms with E-state index in [1.807, 2.05) is 38.2 Å². The molecule has 0 aromatic heterocycles. The molecule has 0 aliphatic rings. The zero-order chi connectivity index (χ0) is 14.8. The lowest BCUT2D eigenvalue weighted by Gasteiger charge is -2.11. The van der Waals surface area contributed by atoms with Crippen molar-refractivity contribution in [3.05, 3.63) is 29.8 Å². The number of carbonyl (C=O) groups is 1. The van der Waals surface area contributed by atoms with Gasteiger partial charge in [0.15, 0.2) is 0 Å². The summed E-state index contributed by atoms with van der Waals surface area (Å²) < 4.78 is 5.63. The largest absolute Gasteiger partial charge is 0.494 e. The van der Waals surface area contributed by atoms with Crippen LogP contribution in [0, 0.1) is 12.8 Å². The maximum absolute atomic E-state index is 11.6. The van der Waals surface area contributed by atoms with E-state index in [4.69, 9.17) is 4.74 Å². The van der Waals surface area contributed by atoms with Gasteiger partial charge in [-0.25, -0.2) is 0 Å². The van der Waals surface area contributed by atoms with Gasteiger partial charge in [0.2, 0.25) is 5.91 Å². The lowest BCUT2D eigenvalue weighted by Crippen LogP contribution is -2.34. The number of rotatable bonds is 9. The van der Waals surface area contributed by atoms with Crippen molar-refractivity contribution in [1.82, 2.24) is 10.6 Å². The highest BCUT2D eigenvalue weighted by molar-refractivity contribution is 5.78. The maximum Gasteiger partial charge on any atom is 0.224 e. The normalized spacial score (nSPS) is 11.9. The molecule has 0 spiro atoms. The van der Waals surface area contributed by atoms with E-state index in [0.29, 0.717) is 19.7 Å². The number of hydrogen-bond acceptors (Lipinski definition) is 3. The van der Waals surface area contributed by atoms with Crippen molar-refractivity contribution < 1.29 is 9.53 Å². The molecule has 0 heterocycles. The summed E-state index contributed by atoms with van der Waals surface area (Å²) >= 11 is 0. The van der Waals surface area contributed by atoms with Gasteiger partial charge >= 0.3 is 0 Å². The molecule has 0 bridgehead atoms. The fourth-order valence-corrected chi connectivity index (χ4v) is 1.84. The van der Waals surface area contributed by atoms with Gasteiger partial charge in [-0.15, -0.1) is 0 Å². The van der Waals surface area contributed by atoms with E-state index in [9.17, 15) is 4.79 Å². The molecule has 1 atom stereocenters. The third-order valence-corrected chi connectivity index (χ3v) is 3.12. The van der Waals surface area contributed by atoms with Crippen molar-refractivity contribution in [2.24, 2.45) is 5.92 Å². The summed E-state index contributed by atoms with van der Waals surface area (Å²) in [5.74, 6) is 1.03. The summed E-state index contributed by atoms with van der Waals surface area (Å²) in [6, 6.07) is 8.05. The Morgan fingerprint density at radius 3 is 2.60 bits per heavy atom. The highest BCUT2D eigenvalue weighted by atomic mass is 16.5. The minimum atomic E-state index is 0.0174. The van der Waals surface area contributed by atoms with E-state index in [1.54, 1.807) is 0 Å². The Hall–Kier alpha value is -1.55. The molecule has 1 amide bonds. The summed E-state index contributed by atoms with van der Waals surface area (Å²) in [4.78, 5) is 11.6. The SMILES string of the molecule is CNCC(C)C(=O)NCCCCOc1ccc(C)cc1. The topological polar surface area (TPSA) is 50.4 Å². The van der Waals surface area contributed by atoms with Gasteiger partial charge < -0.3 is 15.4 Å². The molecule has 1 rings (SSSR count). The van der Waals surface area contributed by atoms with Crippen LogP contribution in [-0.2, 0) is 4.79 Å². The van der Waals surface area contributed by atoms with E-state index in [-0.39, 0.29) is 11.8 Å². The molecule has 1 aromatic rings. The molecule has 0 saturated carbocycles. The molecule has 0 radical (unpaired) electrons. The molecule has 0 fully saturated rings. The van der Waals surface area contributed by atoms with Gasteiger partial charge in [0.1, 0.15) is 5.75 Å². The smallest absolute Gasteiger partial charge is 0.224 e. The summed E-state index contributed by atoms with van der Waals surface area (Å²) in [5, 5.41) is 5.94. The molecule has 2 N–H and O–H groups in total. The first kappa shape index (κ1) is 16.5. The van der Waals surface area contributed by atoms with Crippen molar-refractivity contribution >= 4 is 5.91 Å². The maximum atomic E-state index is 11.6. The second kappa shape index (κ2) is 9.37. The van der Waals surface area contributed by atoms with Gasteiger partial charge in [0.25, 0.3) is 0 Å². The Kier molecular flexibility index (Phi) is 7.73. The average molecular weight is 278 g/mol. The van der Waals surface area contributed by atoms with E-state index in [1.165, 1.54) is 5.56 Å². The van der Waals surface area contributed by atoms with E-state index in [0.717, 1.165) is 18.6 Å². The molecule has 0 aliphatic carbocycles. The monoisotopic (exact) mass is 278 g/mol. The predicted molar refractivity (Wildman–Crippen MR) is 82.0 cm³/mol. The number of aryl methyl sites for hydroxylation is 1. The Labute approximate surface area is 121 Å². The van der Waals surface area contributed by atoms with Gasteiger partial charge in [0.05, 0.1) is 6.61 Å². The lowest BCUT2D eigenvalue weighted by molar-refractivity contribution is -0.124. The Balaban J connectivity index is 2.05. The van der Waals surface area contributed by atoms with Crippen LogP contribution in [-0.4, -0.2) is 32.7 Å². The van der Waals surface area contributed by atoms with Crippen LogP contribution in [0.4, 0.5) is 0 Å². The first-order chi connectivity index (χ1) is 9.63. The Morgan fingerprint density at radius 1 is 1.25 bits per heavy atom. The van der Waals surface area contributed by atoms with E-state index in [2.05, 4.69) is 17.6 Å². The average Bonchev–Trinajstić information content (AvgIpc) is 2.44. The van der Waals surface area contributed by atoms with Gasteiger partial charge in [-0.05, 0) is 38.9 Å². The van der Waals surface area contributed by atoms with Gasteiger partial charge in [0, 0.05) is 19.0 Å². The Morgan fingerprint density at radius 2 is 1.95 bits per heavy atom. The molecule has 4 heteroatoms. The van der Waals surface area contributed by atoms with Gasteiger partial charge in [-0.1, -0.05) is 24.6 Å². The molecule has 1 aromatic carbocycles. The molecule has 1 unspecified atom stereocenters. The van der Waals surface area contributed by atoms with Crippen molar-refractivity contribution in [3.63, 3.8) is 0 Å². The standard InChI is InChI=1S/C16H26N2O2/c1-13-6-8-15(9-7-13)20-11-5-4-10-18-16(19)14(2)12-17-3/h6-9,14,17H,4-5,10-12H2,1-3H3,(H,18,19). The minimum absolute atomic E-state index is 0.0174. The van der Waals surface area contributed by atoms with Crippen LogP contribution in [0.25, 0.3) is 0 Å². The van der Waals surface area contributed by atoms with Crippen LogP contribution in [0.2, 0.25) is 0 Å². The molecule has 20 heavy (non-hydrogen) atoms. The van der Waals surface area contributed by atoms with Crippen LogP contribution >= 0.6 is 0 Å². The van der Waals surface area contributed by atoms with E-state index >= 15 is 0 Å². The molecule has 4 nitrogen and oxygen atoms in total. The van der Waals surface area contributed by atoms with Crippen molar-refractivity contribution in [2.75, 3.05) is 26.7 Å². The lowest BCUT2D eigenvalue weighted by atomic mass is 10.1. The number of unbranched alkanes of at least 4 members (excludes halogenated alkanes) is 1. The first-order valence-electron chi connectivity index (χ1n) is 7.25. The predicted octanol–water partition coefficient (Wildman–Crippen LogP) is 2.13. The molecular weight excluding hydrogens is 252 g/mol. The van der Waals surface area contributed by atoms with Crippen LogP contribution in [0.3, 0.4) is 0 Å². The van der Waals surface area contributed by atoms with Crippen LogP contribution < -0.4 is 15.4 Å². The van der Waals surface area contributed by atoms with Crippen LogP contribution in [0.5, 0.6) is 5.75 Å². The third kappa shape index (κ3) is 6.57. The third-order valence-electron chi connectivity index (χ3n) is 3.12. The number of benzene rings is 1.